The molecule has 3 heterocycles. The highest BCUT2D eigenvalue weighted by Gasteiger charge is 2.54. The maximum absolute atomic E-state index is 13.2. The zero-order chi connectivity index (χ0) is 18.4. The number of methoxy groups -OCH3 is 1. The molecule has 2 fully saturated rings. The van der Waals surface area contributed by atoms with E-state index >= 15 is 0 Å². The van der Waals surface area contributed by atoms with E-state index in [0.717, 1.165) is 5.69 Å². The zero-order valence-electron chi connectivity index (χ0n) is 14.6. The number of imide groups is 1. The molecule has 2 saturated heterocycles. The molecule has 0 aromatic heterocycles. The van der Waals surface area contributed by atoms with Gasteiger partial charge in [0.15, 0.2) is 12.2 Å². The van der Waals surface area contributed by atoms with Gasteiger partial charge in [-0.15, -0.1) is 0 Å². The number of urea groups is 1. The molecule has 3 aliphatic rings. The van der Waals surface area contributed by atoms with Gasteiger partial charge in [0.1, 0.15) is 5.82 Å². The lowest BCUT2D eigenvalue weighted by molar-refractivity contribution is -0.137. The molecule has 4 rings (SSSR count). The van der Waals surface area contributed by atoms with Crippen LogP contribution in [-0.2, 0) is 9.53 Å². The van der Waals surface area contributed by atoms with Crippen LogP contribution in [0.15, 0.2) is 29.3 Å². The summed E-state index contributed by atoms with van der Waals surface area (Å²) in [6, 6.07) is 5.26. The van der Waals surface area contributed by atoms with E-state index in [2.05, 4.69) is 4.99 Å². The monoisotopic (exact) mass is 361 g/mol. The van der Waals surface area contributed by atoms with Crippen molar-refractivity contribution >= 4 is 23.6 Å². The summed E-state index contributed by atoms with van der Waals surface area (Å²) in [6.45, 7) is 1.77. The van der Waals surface area contributed by atoms with E-state index in [1.54, 1.807) is 19.2 Å². The van der Waals surface area contributed by atoms with Gasteiger partial charge in [-0.25, -0.2) is 14.2 Å². The number of carbonyl (C=O) groups is 2. The van der Waals surface area contributed by atoms with Crippen LogP contribution in [0.5, 0.6) is 0 Å². The lowest BCUT2D eigenvalue weighted by Gasteiger charge is -2.40. The van der Waals surface area contributed by atoms with Gasteiger partial charge in [0.2, 0.25) is 5.96 Å². The largest absolute Gasteiger partial charge is 0.383 e. The van der Waals surface area contributed by atoms with Crippen molar-refractivity contribution in [3.8, 4) is 0 Å². The van der Waals surface area contributed by atoms with Gasteiger partial charge in [0, 0.05) is 32.9 Å². The fourth-order valence-electron chi connectivity index (χ4n) is 3.69. The second kappa shape index (κ2) is 6.24. The summed E-state index contributed by atoms with van der Waals surface area (Å²) in [5.74, 6) is 0.0872. The maximum Gasteiger partial charge on any atom is 0.328 e. The van der Waals surface area contributed by atoms with Gasteiger partial charge in [-0.1, -0.05) is 0 Å². The van der Waals surface area contributed by atoms with Crippen LogP contribution >= 0.6 is 0 Å². The van der Waals surface area contributed by atoms with E-state index in [4.69, 9.17) is 4.74 Å². The summed E-state index contributed by atoms with van der Waals surface area (Å²) >= 11 is 0. The summed E-state index contributed by atoms with van der Waals surface area (Å²) in [5, 5.41) is 0. The second-order valence-corrected chi connectivity index (χ2v) is 6.49. The van der Waals surface area contributed by atoms with E-state index in [9.17, 15) is 14.0 Å². The molecular formula is C17H20FN5O3. The third-order valence-corrected chi connectivity index (χ3v) is 5.03. The topological polar surface area (TPSA) is 68.7 Å². The molecule has 138 valence electrons. The third kappa shape index (κ3) is 2.42. The average molecular weight is 361 g/mol. The Bertz CT molecular complexity index is 768. The van der Waals surface area contributed by atoms with Gasteiger partial charge < -0.3 is 19.4 Å². The zero-order valence-corrected chi connectivity index (χ0v) is 14.6. The molecule has 9 heteroatoms. The van der Waals surface area contributed by atoms with Crippen molar-refractivity contribution in [3.05, 3.63) is 30.1 Å². The third-order valence-electron chi connectivity index (χ3n) is 5.03. The highest BCUT2D eigenvalue weighted by atomic mass is 19.1. The smallest absolute Gasteiger partial charge is 0.328 e. The van der Waals surface area contributed by atoms with Crippen LogP contribution in [0.1, 0.15) is 0 Å². The Balaban J connectivity index is 1.63. The van der Waals surface area contributed by atoms with Gasteiger partial charge in [-0.3, -0.25) is 9.69 Å². The van der Waals surface area contributed by atoms with Crippen LogP contribution in [0.25, 0.3) is 0 Å². The van der Waals surface area contributed by atoms with Crippen LogP contribution in [-0.4, -0.2) is 85.2 Å². The van der Waals surface area contributed by atoms with E-state index in [0.29, 0.717) is 19.0 Å². The molecular weight excluding hydrogens is 341 g/mol. The highest BCUT2D eigenvalue weighted by molar-refractivity contribution is 6.07. The molecule has 1 aromatic carbocycles. The molecule has 8 nitrogen and oxygen atoms in total. The van der Waals surface area contributed by atoms with Crippen LogP contribution in [0.2, 0.25) is 0 Å². The molecule has 26 heavy (non-hydrogen) atoms. The Morgan fingerprint density at radius 3 is 2.65 bits per heavy atom. The summed E-state index contributed by atoms with van der Waals surface area (Å²) in [5.41, 5.74) is 0.809. The summed E-state index contributed by atoms with van der Waals surface area (Å²) in [7, 11) is 3.18. The number of hydrogen-bond acceptors (Lipinski definition) is 6. The molecule has 0 aliphatic carbocycles. The number of fused-ring (bicyclic) bond motifs is 3. The number of amides is 3. The quantitative estimate of drug-likeness (QED) is 0.784. The van der Waals surface area contributed by atoms with Crippen molar-refractivity contribution in [1.29, 1.82) is 0 Å². The lowest BCUT2D eigenvalue weighted by atomic mass is 10.1. The first-order chi connectivity index (χ1) is 12.5. The molecule has 0 saturated carbocycles. The number of hydrogen-bond donors (Lipinski definition) is 0. The number of benzene rings is 1. The minimum atomic E-state index is -0.549. The number of aliphatic imine (C=N–C) groups is 1. The first-order valence-electron chi connectivity index (χ1n) is 8.47. The number of guanidine groups is 1. The minimum absolute atomic E-state index is 0.215. The lowest BCUT2D eigenvalue weighted by Crippen LogP contribution is -2.65. The number of carbonyl (C=O) groups excluding carboxylic acids is 2. The first kappa shape index (κ1) is 16.8. The standard InChI is InChI=1S/C17H20FN5O3/c1-20-14-13(15(24)23(17(20)25)9-10-26-2)22-8-7-21(16(22)19-14)12-5-3-11(18)4-6-12/h3-6,13-14H,7-10H2,1-2H3. The minimum Gasteiger partial charge on any atom is -0.383 e. The highest BCUT2D eigenvalue weighted by Crippen LogP contribution is 2.33. The van der Waals surface area contributed by atoms with E-state index in [1.165, 1.54) is 29.0 Å². The second-order valence-electron chi connectivity index (χ2n) is 6.49. The number of ether oxygens (including phenoxy) is 1. The Morgan fingerprint density at radius 1 is 1.23 bits per heavy atom. The summed E-state index contributed by atoms with van der Waals surface area (Å²) < 4.78 is 18.2. The van der Waals surface area contributed by atoms with E-state index in [-0.39, 0.29) is 30.9 Å². The molecule has 0 radical (unpaired) electrons. The molecule has 0 bridgehead atoms. The van der Waals surface area contributed by atoms with Crippen molar-refractivity contribution in [2.45, 2.75) is 12.2 Å². The molecule has 3 amide bonds. The Labute approximate surface area is 150 Å². The van der Waals surface area contributed by atoms with Gasteiger partial charge in [0.25, 0.3) is 5.91 Å². The van der Waals surface area contributed by atoms with E-state index in [1.807, 2.05) is 9.80 Å². The van der Waals surface area contributed by atoms with Gasteiger partial charge in [-0.2, -0.15) is 0 Å². The maximum atomic E-state index is 13.2. The molecule has 1 aromatic rings. The number of halogens is 1. The molecule has 0 spiro atoms. The number of nitrogens with zero attached hydrogens (tertiary/aromatic N) is 5. The van der Waals surface area contributed by atoms with Gasteiger partial charge >= 0.3 is 6.03 Å². The van der Waals surface area contributed by atoms with Gasteiger partial charge in [-0.05, 0) is 24.3 Å². The van der Waals surface area contributed by atoms with Crippen LogP contribution in [0.4, 0.5) is 14.9 Å². The fraction of sp³-hybridized carbons (Fsp3) is 0.471. The Kier molecular flexibility index (Phi) is 4.03. The first-order valence-corrected chi connectivity index (χ1v) is 8.47. The number of anilines is 1. The summed E-state index contributed by atoms with van der Waals surface area (Å²) in [4.78, 5) is 36.7. The predicted octanol–water partition coefficient (Wildman–Crippen LogP) is 0.552. The molecule has 2 atom stereocenters. The molecule has 3 aliphatic heterocycles. The van der Waals surface area contributed by atoms with Crippen molar-refractivity contribution in [2.24, 2.45) is 4.99 Å². The molecule has 2 unspecified atom stereocenters. The Hall–Kier alpha value is -2.68. The van der Waals surface area contributed by atoms with Crippen molar-refractivity contribution < 1.29 is 18.7 Å². The predicted molar refractivity (Wildman–Crippen MR) is 92.2 cm³/mol. The summed E-state index contributed by atoms with van der Waals surface area (Å²) in [6.07, 6.45) is -0.549. The Morgan fingerprint density at radius 2 is 1.96 bits per heavy atom. The average Bonchev–Trinajstić information content (AvgIpc) is 3.20. The van der Waals surface area contributed by atoms with E-state index < -0.39 is 12.2 Å². The van der Waals surface area contributed by atoms with Gasteiger partial charge in [0.05, 0.1) is 13.2 Å². The van der Waals surface area contributed by atoms with Crippen molar-refractivity contribution in [1.82, 2.24) is 14.7 Å². The van der Waals surface area contributed by atoms with Crippen LogP contribution < -0.4 is 4.90 Å². The number of rotatable bonds is 4. The normalized spacial score (nSPS) is 25.0. The fourth-order valence-corrected chi connectivity index (χ4v) is 3.69. The van der Waals surface area contributed by atoms with Crippen molar-refractivity contribution in [3.63, 3.8) is 0 Å². The number of likely N-dealkylation sites (N-methyl/N-ethyl adjacent to an activating group) is 1. The SMILES string of the molecule is COCCN1C(=O)C2C(N=C3N(c4ccc(F)cc4)CCN32)N(C)C1=O. The molecule has 0 N–H and O–H groups in total. The van der Waals surface area contributed by atoms with Crippen LogP contribution in [0.3, 0.4) is 0 Å². The van der Waals surface area contributed by atoms with Crippen molar-refractivity contribution in [2.75, 3.05) is 45.3 Å². The van der Waals surface area contributed by atoms with Crippen LogP contribution in [0, 0.1) is 5.82 Å².